The van der Waals surface area contributed by atoms with E-state index in [0.29, 0.717) is 26.3 Å². The lowest BCUT2D eigenvalue weighted by molar-refractivity contribution is -0.371. The van der Waals surface area contributed by atoms with Gasteiger partial charge in [-0.15, -0.1) is 0 Å². The Morgan fingerprint density at radius 3 is 1.43 bits per heavy atom. The number of ether oxygens (including phenoxy) is 2. The first kappa shape index (κ1) is 25.8. The minimum Gasteiger partial charge on any atom is -0.488 e. The molecule has 0 spiro atoms. The summed E-state index contributed by atoms with van der Waals surface area (Å²) in [6.07, 6.45) is 6.23. The van der Waals surface area contributed by atoms with Crippen molar-refractivity contribution in [2.24, 2.45) is 0 Å². The number of benzene rings is 4. The quantitative estimate of drug-likeness (QED) is 0.231. The van der Waals surface area contributed by atoms with Gasteiger partial charge in [-0.1, -0.05) is 48.6 Å². The zero-order chi connectivity index (χ0) is 26.0. The fourth-order valence-electron chi connectivity index (χ4n) is 3.92. The van der Waals surface area contributed by atoms with Crippen LogP contribution in [-0.2, 0) is 9.59 Å². The Balaban J connectivity index is 1.33. The molecule has 0 atom stereocenters. The van der Waals surface area contributed by atoms with Crippen LogP contribution in [0.15, 0.2) is 84.9 Å². The van der Waals surface area contributed by atoms with E-state index < -0.39 is 0 Å². The third-order valence-electron chi connectivity index (χ3n) is 5.77. The second kappa shape index (κ2) is 12.6. The SMILES string of the molecule is [NH3+]CCOc1ccc2cc(/C=C/C(=O)CC(=O)/C=C/c3ccc4cc(OCC[NH3+])ccc4c3)ccc2c1. The van der Waals surface area contributed by atoms with Crippen molar-refractivity contribution >= 4 is 45.3 Å². The van der Waals surface area contributed by atoms with Gasteiger partial charge < -0.3 is 20.9 Å². The van der Waals surface area contributed by atoms with E-state index in [2.05, 4.69) is 11.5 Å². The average Bonchev–Trinajstić information content (AvgIpc) is 2.92. The van der Waals surface area contributed by atoms with Gasteiger partial charge in [0.15, 0.2) is 11.6 Å². The van der Waals surface area contributed by atoms with E-state index in [9.17, 15) is 9.59 Å². The smallest absolute Gasteiger partial charge is 0.163 e. The lowest BCUT2D eigenvalue weighted by atomic mass is 10.0. The van der Waals surface area contributed by atoms with Crippen molar-refractivity contribution in [3.63, 3.8) is 0 Å². The highest BCUT2D eigenvalue weighted by atomic mass is 16.5. The fraction of sp³-hybridized carbons (Fsp3) is 0.161. The molecule has 0 saturated carbocycles. The highest BCUT2D eigenvalue weighted by molar-refractivity contribution is 6.11. The summed E-state index contributed by atoms with van der Waals surface area (Å²) >= 11 is 0. The molecule has 4 rings (SSSR count). The Hall–Kier alpha value is -4.26. The number of carbonyl (C=O) groups excluding carboxylic acids is 2. The predicted octanol–water partition coefficient (Wildman–Crippen LogP) is 3.49. The maximum Gasteiger partial charge on any atom is 0.163 e. The number of rotatable bonds is 12. The molecule has 6 N–H and O–H groups in total. The number of hydrogen-bond donors (Lipinski definition) is 2. The summed E-state index contributed by atoms with van der Waals surface area (Å²) in [7, 11) is 0. The van der Waals surface area contributed by atoms with E-state index in [1.165, 1.54) is 12.2 Å². The highest BCUT2D eigenvalue weighted by Gasteiger charge is 2.05. The van der Waals surface area contributed by atoms with E-state index in [0.717, 1.165) is 44.2 Å². The molecule has 4 aromatic carbocycles. The van der Waals surface area contributed by atoms with Crippen LogP contribution in [0.2, 0.25) is 0 Å². The van der Waals surface area contributed by atoms with Crippen molar-refractivity contribution in [3.05, 3.63) is 96.1 Å². The molecule has 6 heteroatoms. The van der Waals surface area contributed by atoms with Crippen molar-refractivity contribution in [1.82, 2.24) is 0 Å². The minimum atomic E-state index is -0.236. The van der Waals surface area contributed by atoms with Crippen molar-refractivity contribution in [2.75, 3.05) is 26.3 Å². The van der Waals surface area contributed by atoms with Crippen LogP contribution in [-0.4, -0.2) is 37.9 Å². The molecule has 0 aliphatic carbocycles. The minimum absolute atomic E-state index is 0.172. The molecule has 0 heterocycles. The highest BCUT2D eigenvalue weighted by Crippen LogP contribution is 2.24. The summed E-state index contributed by atoms with van der Waals surface area (Å²) in [5.41, 5.74) is 9.35. The van der Waals surface area contributed by atoms with Crippen LogP contribution in [0.25, 0.3) is 33.7 Å². The topological polar surface area (TPSA) is 108 Å². The lowest BCUT2D eigenvalue weighted by Gasteiger charge is -2.06. The molecule has 188 valence electrons. The van der Waals surface area contributed by atoms with Crippen molar-refractivity contribution < 1.29 is 30.5 Å². The first-order chi connectivity index (χ1) is 18.0. The van der Waals surface area contributed by atoms with Crippen LogP contribution in [0.5, 0.6) is 11.5 Å². The van der Waals surface area contributed by atoms with Gasteiger partial charge in [-0.3, -0.25) is 9.59 Å². The van der Waals surface area contributed by atoms with Gasteiger partial charge in [0.25, 0.3) is 0 Å². The number of ketones is 2. The van der Waals surface area contributed by atoms with Gasteiger partial charge in [0.1, 0.15) is 37.8 Å². The van der Waals surface area contributed by atoms with E-state index in [-0.39, 0.29) is 18.0 Å². The fourth-order valence-corrected chi connectivity index (χ4v) is 3.92. The summed E-state index contributed by atoms with van der Waals surface area (Å²) in [4.78, 5) is 24.7. The van der Waals surface area contributed by atoms with Gasteiger partial charge in [-0.25, -0.2) is 0 Å². The van der Waals surface area contributed by atoms with E-state index in [4.69, 9.17) is 9.47 Å². The second-order valence-corrected chi connectivity index (χ2v) is 8.72. The largest absolute Gasteiger partial charge is 0.488 e. The van der Waals surface area contributed by atoms with Crippen molar-refractivity contribution in [2.45, 2.75) is 6.42 Å². The van der Waals surface area contributed by atoms with E-state index in [1.807, 2.05) is 72.8 Å². The normalized spacial score (nSPS) is 11.5. The number of allylic oxidation sites excluding steroid dienone is 2. The van der Waals surface area contributed by atoms with Gasteiger partial charge in [0.05, 0.1) is 6.42 Å². The Bertz CT molecular complexity index is 1360. The number of fused-ring (bicyclic) bond motifs is 2. The third-order valence-corrected chi connectivity index (χ3v) is 5.77. The van der Waals surface area contributed by atoms with Gasteiger partial charge in [0.2, 0.25) is 0 Å². The van der Waals surface area contributed by atoms with E-state index >= 15 is 0 Å². The Morgan fingerprint density at radius 2 is 1.00 bits per heavy atom. The van der Waals surface area contributed by atoms with E-state index in [1.54, 1.807) is 12.2 Å². The number of carbonyl (C=O) groups is 2. The Kier molecular flexibility index (Phi) is 8.81. The monoisotopic (exact) mass is 496 g/mol. The molecule has 6 nitrogen and oxygen atoms in total. The molecule has 0 aliphatic heterocycles. The molecule has 0 aromatic heterocycles. The molecule has 4 aromatic rings. The van der Waals surface area contributed by atoms with Crippen molar-refractivity contribution in [1.29, 1.82) is 0 Å². The zero-order valence-electron chi connectivity index (χ0n) is 20.8. The summed E-state index contributed by atoms with van der Waals surface area (Å²) < 4.78 is 11.3. The lowest BCUT2D eigenvalue weighted by Crippen LogP contribution is -2.52. The predicted molar refractivity (Wildman–Crippen MR) is 147 cm³/mol. The second-order valence-electron chi connectivity index (χ2n) is 8.72. The molecule has 0 radical (unpaired) electrons. The summed E-state index contributed by atoms with van der Waals surface area (Å²) in [5.74, 6) is 1.16. The Labute approximate surface area is 216 Å². The van der Waals surface area contributed by atoms with Crippen LogP contribution >= 0.6 is 0 Å². The molecule has 37 heavy (non-hydrogen) atoms. The van der Waals surface area contributed by atoms with Crippen LogP contribution in [0, 0.1) is 0 Å². The number of quaternary nitrogens is 2. The third kappa shape index (κ3) is 7.36. The molecule has 0 aliphatic rings. The Morgan fingerprint density at radius 1 is 0.595 bits per heavy atom. The molecule has 0 amide bonds. The summed E-state index contributed by atoms with van der Waals surface area (Å²) in [6.45, 7) is 2.59. The molecular formula is C31H32N2O4+2. The van der Waals surface area contributed by atoms with Gasteiger partial charge >= 0.3 is 0 Å². The van der Waals surface area contributed by atoms with Crippen LogP contribution < -0.4 is 20.9 Å². The molecule has 0 bridgehead atoms. The van der Waals surface area contributed by atoms with Gasteiger partial charge in [-0.2, -0.15) is 0 Å². The maximum absolute atomic E-state index is 12.3. The first-order valence-corrected chi connectivity index (χ1v) is 12.4. The first-order valence-electron chi connectivity index (χ1n) is 12.4. The molecule has 0 unspecified atom stereocenters. The van der Waals surface area contributed by atoms with Crippen molar-refractivity contribution in [3.8, 4) is 11.5 Å². The zero-order valence-corrected chi connectivity index (χ0v) is 20.8. The maximum atomic E-state index is 12.3. The average molecular weight is 497 g/mol. The molecule has 0 saturated heterocycles. The summed E-state index contributed by atoms with van der Waals surface area (Å²) in [5, 5.41) is 4.21. The molecule has 0 fully saturated rings. The summed E-state index contributed by atoms with van der Waals surface area (Å²) in [6, 6.07) is 23.7. The number of hydrogen-bond acceptors (Lipinski definition) is 4. The standard InChI is InChI=1S/C31H30N2O4/c32-13-15-36-30-11-7-24-17-22(1-5-26(24)19-30)3-9-28(34)21-29(35)10-4-23-2-6-27-20-31(37-16-14-33)12-8-25(27)18-23/h1-12,17-20H,13-16,21,32-33H2/p+2/b9-3+,10-4+. The van der Waals surface area contributed by atoms with Crippen LogP contribution in [0.1, 0.15) is 17.5 Å². The van der Waals surface area contributed by atoms with Crippen LogP contribution in [0.4, 0.5) is 0 Å². The van der Waals surface area contributed by atoms with Crippen LogP contribution in [0.3, 0.4) is 0 Å². The van der Waals surface area contributed by atoms with Gasteiger partial charge in [0, 0.05) is 0 Å². The molecular weight excluding hydrogens is 464 g/mol. The van der Waals surface area contributed by atoms with Gasteiger partial charge in [-0.05, 0) is 81.2 Å².